The summed E-state index contributed by atoms with van der Waals surface area (Å²) < 4.78 is 16.7. The molecule has 0 spiro atoms. The first-order valence-electron chi connectivity index (χ1n) is 10.2. The third-order valence-electron chi connectivity index (χ3n) is 5.25. The van der Waals surface area contributed by atoms with Crippen LogP contribution in [0.15, 0.2) is 42.5 Å². The van der Waals surface area contributed by atoms with Gasteiger partial charge in [0.2, 0.25) is 0 Å². The van der Waals surface area contributed by atoms with E-state index in [9.17, 15) is 9.59 Å². The third-order valence-corrected chi connectivity index (χ3v) is 5.25. The number of esters is 1. The molecule has 0 N–H and O–H groups in total. The van der Waals surface area contributed by atoms with Crippen LogP contribution in [0.3, 0.4) is 0 Å². The number of para-hydroxylation sites is 1. The SMILES string of the molecule is CCOc1cc2c(cc1/C=C/C(=O)OCC(=O)N1CCc3ccccc31)O[C@@H](C)C2. The number of anilines is 1. The normalized spacial score (nSPS) is 16.9. The zero-order chi connectivity index (χ0) is 21.1. The third kappa shape index (κ3) is 4.17. The minimum atomic E-state index is -0.576. The molecule has 2 aliphatic rings. The minimum Gasteiger partial charge on any atom is -0.493 e. The molecule has 2 aromatic carbocycles. The van der Waals surface area contributed by atoms with Crippen molar-refractivity contribution in [2.75, 3.05) is 24.7 Å². The Labute approximate surface area is 176 Å². The Morgan fingerprint density at radius 2 is 2.07 bits per heavy atom. The van der Waals surface area contributed by atoms with Gasteiger partial charge in [0, 0.05) is 35.9 Å². The fourth-order valence-corrected chi connectivity index (χ4v) is 3.88. The van der Waals surface area contributed by atoms with Gasteiger partial charge in [0.15, 0.2) is 6.61 Å². The van der Waals surface area contributed by atoms with Gasteiger partial charge in [0.05, 0.1) is 6.61 Å². The fraction of sp³-hybridized carbons (Fsp3) is 0.333. The number of benzene rings is 2. The molecule has 30 heavy (non-hydrogen) atoms. The molecule has 1 amide bonds. The number of fused-ring (bicyclic) bond motifs is 2. The van der Waals surface area contributed by atoms with E-state index in [1.165, 1.54) is 6.08 Å². The van der Waals surface area contributed by atoms with Crippen molar-refractivity contribution in [2.45, 2.75) is 32.8 Å². The summed E-state index contributed by atoms with van der Waals surface area (Å²) in [6.45, 7) is 4.77. The van der Waals surface area contributed by atoms with Crippen molar-refractivity contribution in [3.8, 4) is 11.5 Å². The zero-order valence-corrected chi connectivity index (χ0v) is 17.2. The summed E-state index contributed by atoms with van der Waals surface area (Å²) in [6, 6.07) is 11.6. The van der Waals surface area contributed by atoms with E-state index in [4.69, 9.17) is 14.2 Å². The molecule has 0 fully saturated rings. The Hall–Kier alpha value is -3.28. The molecule has 6 nitrogen and oxygen atoms in total. The number of carbonyl (C=O) groups excluding carboxylic acids is 2. The number of rotatable bonds is 6. The lowest BCUT2D eigenvalue weighted by Gasteiger charge is -2.16. The highest BCUT2D eigenvalue weighted by molar-refractivity contribution is 5.98. The number of nitrogens with zero attached hydrogens (tertiary/aromatic N) is 1. The van der Waals surface area contributed by atoms with Crippen LogP contribution in [0, 0.1) is 0 Å². The quantitative estimate of drug-likeness (QED) is 0.541. The molecule has 0 saturated carbocycles. The van der Waals surface area contributed by atoms with E-state index in [2.05, 4.69) is 0 Å². The smallest absolute Gasteiger partial charge is 0.331 e. The van der Waals surface area contributed by atoms with Crippen molar-refractivity contribution < 1.29 is 23.8 Å². The number of hydrogen-bond donors (Lipinski definition) is 0. The van der Waals surface area contributed by atoms with E-state index in [1.807, 2.05) is 50.2 Å². The lowest BCUT2D eigenvalue weighted by molar-refractivity contribution is -0.142. The maximum absolute atomic E-state index is 12.5. The summed E-state index contributed by atoms with van der Waals surface area (Å²) >= 11 is 0. The lowest BCUT2D eigenvalue weighted by atomic mass is 10.1. The standard InChI is InChI=1S/C24H25NO5/c1-3-28-21-14-19-12-16(2)30-22(19)13-18(21)8-9-24(27)29-15-23(26)25-11-10-17-6-4-5-7-20(17)25/h4-9,13-14,16H,3,10-12,15H2,1-2H3/b9-8+/t16-/m0/s1. The average molecular weight is 407 g/mol. The minimum absolute atomic E-state index is 0.125. The molecule has 0 radical (unpaired) electrons. The summed E-state index contributed by atoms with van der Waals surface area (Å²) in [4.78, 5) is 26.3. The summed E-state index contributed by atoms with van der Waals surface area (Å²) in [5.41, 5.74) is 3.86. The predicted molar refractivity (Wildman–Crippen MR) is 114 cm³/mol. The van der Waals surface area contributed by atoms with Gasteiger partial charge < -0.3 is 19.1 Å². The topological polar surface area (TPSA) is 65.1 Å². The first-order chi connectivity index (χ1) is 14.5. The molecule has 2 aliphatic heterocycles. The van der Waals surface area contributed by atoms with Gasteiger partial charge in [-0.2, -0.15) is 0 Å². The first-order valence-corrected chi connectivity index (χ1v) is 10.2. The van der Waals surface area contributed by atoms with E-state index >= 15 is 0 Å². The molecule has 4 rings (SSSR count). The van der Waals surface area contributed by atoms with Crippen LogP contribution in [-0.4, -0.2) is 37.7 Å². The molecule has 1 atom stereocenters. The van der Waals surface area contributed by atoms with Gasteiger partial charge >= 0.3 is 5.97 Å². The summed E-state index contributed by atoms with van der Waals surface area (Å²) in [7, 11) is 0. The van der Waals surface area contributed by atoms with Crippen LogP contribution < -0.4 is 14.4 Å². The van der Waals surface area contributed by atoms with Crippen LogP contribution in [0.1, 0.15) is 30.5 Å². The van der Waals surface area contributed by atoms with E-state index in [1.54, 1.807) is 11.0 Å². The van der Waals surface area contributed by atoms with Gasteiger partial charge in [-0.1, -0.05) is 18.2 Å². The molecule has 0 aliphatic carbocycles. The molecule has 0 aromatic heterocycles. The van der Waals surface area contributed by atoms with Gasteiger partial charge in [-0.3, -0.25) is 4.79 Å². The molecular weight excluding hydrogens is 382 g/mol. The highest BCUT2D eigenvalue weighted by Gasteiger charge is 2.25. The maximum Gasteiger partial charge on any atom is 0.331 e. The number of amides is 1. The van der Waals surface area contributed by atoms with Crippen molar-refractivity contribution in [1.82, 2.24) is 0 Å². The van der Waals surface area contributed by atoms with E-state index in [0.29, 0.717) is 18.9 Å². The average Bonchev–Trinajstić information content (AvgIpc) is 3.32. The second-order valence-electron chi connectivity index (χ2n) is 7.43. The van der Waals surface area contributed by atoms with Crippen molar-refractivity contribution in [3.05, 3.63) is 59.2 Å². The number of carbonyl (C=O) groups is 2. The second kappa shape index (κ2) is 8.61. The van der Waals surface area contributed by atoms with Gasteiger partial charge in [-0.05, 0) is 50.1 Å². The summed E-state index contributed by atoms with van der Waals surface area (Å²) in [5, 5.41) is 0. The van der Waals surface area contributed by atoms with Gasteiger partial charge in [0.25, 0.3) is 5.91 Å². The zero-order valence-electron chi connectivity index (χ0n) is 17.2. The second-order valence-corrected chi connectivity index (χ2v) is 7.43. The molecule has 0 saturated heterocycles. The van der Waals surface area contributed by atoms with E-state index < -0.39 is 5.97 Å². The molecule has 2 aromatic rings. The Morgan fingerprint density at radius 1 is 1.23 bits per heavy atom. The van der Waals surface area contributed by atoms with Gasteiger partial charge in [-0.25, -0.2) is 4.79 Å². The van der Waals surface area contributed by atoms with Crippen molar-refractivity contribution >= 4 is 23.6 Å². The molecule has 0 bridgehead atoms. The monoisotopic (exact) mass is 407 g/mol. The molecule has 2 heterocycles. The summed E-state index contributed by atoms with van der Waals surface area (Å²) in [5.74, 6) is 0.703. The van der Waals surface area contributed by atoms with Crippen LogP contribution >= 0.6 is 0 Å². The van der Waals surface area contributed by atoms with Crippen LogP contribution in [0.4, 0.5) is 5.69 Å². The van der Waals surface area contributed by atoms with Crippen LogP contribution in [0.2, 0.25) is 0 Å². The fourth-order valence-electron chi connectivity index (χ4n) is 3.88. The molecule has 6 heteroatoms. The largest absolute Gasteiger partial charge is 0.493 e. The molecule has 0 unspecified atom stereocenters. The van der Waals surface area contributed by atoms with E-state index in [0.717, 1.165) is 41.0 Å². The maximum atomic E-state index is 12.5. The molecular formula is C24H25NO5. The number of hydrogen-bond acceptors (Lipinski definition) is 5. The van der Waals surface area contributed by atoms with Crippen LogP contribution in [0.5, 0.6) is 11.5 Å². The van der Waals surface area contributed by atoms with Crippen molar-refractivity contribution in [2.24, 2.45) is 0 Å². The Bertz CT molecular complexity index is 997. The molecule has 156 valence electrons. The van der Waals surface area contributed by atoms with Crippen LogP contribution in [-0.2, 0) is 27.2 Å². The first kappa shape index (κ1) is 20.0. The van der Waals surface area contributed by atoms with Gasteiger partial charge in [0.1, 0.15) is 17.6 Å². The lowest BCUT2D eigenvalue weighted by Crippen LogP contribution is -2.33. The van der Waals surface area contributed by atoms with Gasteiger partial charge in [-0.15, -0.1) is 0 Å². The Morgan fingerprint density at radius 3 is 2.90 bits per heavy atom. The Balaban J connectivity index is 1.39. The van der Waals surface area contributed by atoms with Crippen molar-refractivity contribution in [1.29, 1.82) is 0 Å². The van der Waals surface area contributed by atoms with Crippen LogP contribution in [0.25, 0.3) is 6.08 Å². The Kier molecular flexibility index (Phi) is 5.74. The highest BCUT2D eigenvalue weighted by Crippen LogP contribution is 2.35. The summed E-state index contributed by atoms with van der Waals surface area (Å²) in [6.07, 6.45) is 4.72. The van der Waals surface area contributed by atoms with E-state index in [-0.39, 0.29) is 18.6 Å². The highest BCUT2D eigenvalue weighted by atomic mass is 16.5. The predicted octanol–water partition coefficient (Wildman–Crippen LogP) is 3.55. The number of ether oxygens (including phenoxy) is 3. The van der Waals surface area contributed by atoms with Crippen molar-refractivity contribution in [3.63, 3.8) is 0 Å².